The van der Waals surface area contributed by atoms with Crippen molar-refractivity contribution in [1.82, 2.24) is 5.32 Å². The number of aryl methyl sites for hydroxylation is 1. The summed E-state index contributed by atoms with van der Waals surface area (Å²) in [5, 5.41) is 6.39. The molecule has 4 nitrogen and oxygen atoms in total. The Labute approximate surface area is 130 Å². The molecule has 114 valence electrons. The van der Waals surface area contributed by atoms with Crippen LogP contribution >= 0.6 is 11.6 Å². The van der Waals surface area contributed by atoms with Crippen molar-refractivity contribution in [1.29, 1.82) is 0 Å². The minimum absolute atomic E-state index is 0.0170. The molecule has 2 unspecified atom stereocenters. The molecule has 0 aromatic heterocycles. The van der Waals surface area contributed by atoms with Gasteiger partial charge in [0, 0.05) is 17.3 Å². The predicted molar refractivity (Wildman–Crippen MR) is 84.3 cm³/mol. The summed E-state index contributed by atoms with van der Waals surface area (Å²) >= 11 is 5.89. The van der Waals surface area contributed by atoms with Crippen molar-refractivity contribution in [2.75, 3.05) is 11.9 Å². The fraction of sp³-hybridized carbons (Fsp3) is 0.500. The van der Waals surface area contributed by atoms with E-state index in [1.807, 2.05) is 20.8 Å². The van der Waals surface area contributed by atoms with Gasteiger partial charge in [-0.1, -0.05) is 25.4 Å². The van der Waals surface area contributed by atoms with Gasteiger partial charge in [0.25, 0.3) is 0 Å². The second-order valence-corrected chi connectivity index (χ2v) is 6.47. The van der Waals surface area contributed by atoms with Crippen molar-refractivity contribution in [3.63, 3.8) is 0 Å². The Hall–Kier alpha value is -1.55. The number of carbonyl (C=O) groups excluding carboxylic acids is 2. The molecule has 1 saturated carbocycles. The average Bonchev–Trinajstić information content (AvgIpc) is 3.19. The van der Waals surface area contributed by atoms with Crippen LogP contribution < -0.4 is 10.6 Å². The lowest BCUT2D eigenvalue weighted by Crippen LogP contribution is -2.30. The van der Waals surface area contributed by atoms with Gasteiger partial charge in [-0.15, -0.1) is 0 Å². The molecule has 1 fully saturated rings. The number of anilines is 1. The summed E-state index contributed by atoms with van der Waals surface area (Å²) in [4.78, 5) is 24.0. The maximum Gasteiger partial charge on any atom is 0.228 e. The topological polar surface area (TPSA) is 58.2 Å². The van der Waals surface area contributed by atoms with Crippen LogP contribution in [0.5, 0.6) is 0 Å². The Kier molecular flexibility index (Phi) is 4.88. The quantitative estimate of drug-likeness (QED) is 0.878. The fourth-order valence-corrected chi connectivity index (χ4v) is 2.43. The first-order valence-corrected chi connectivity index (χ1v) is 7.61. The van der Waals surface area contributed by atoms with Crippen LogP contribution in [0.1, 0.15) is 25.8 Å². The molecule has 0 aliphatic heterocycles. The van der Waals surface area contributed by atoms with Crippen LogP contribution in [0.3, 0.4) is 0 Å². The molecule has 1 aliphatic carbocycles. The number of nitrogens with one attached hydrogen (secondary N) is 2. The first kappa shape index (κ1) is 15.8. The molecular weight excluding hydrogens is 288 g/mol. The van der Waals surface area contributed by atoms with E-state index in [0.717, 1.165) is 11.3 Å². The normalized spacial score (nSPS) is 20.2. The Morgan fingerprint density at radius 3 is 2.57 bits per heavy atom. The lowest BCUT2D eigenvalue weighted by Gasteiger charge is -2.09. The number of amides is 2. The van der Waals surface area contributed by atoms with E-state index >= 15 is 0 Å². The van der Waals surface area contributed by atoms with Gasteiger partial charge in [-0.3, -0.25) is 9.59 Å². The predicted octanol–water partition coefficient (Wildman–Crippen LogP) is 3.00. The van der Waals surface area contributed by atoms with Crippen molar-refractivity contribution in [3.05, 3.63) is 28.8 Å². The number of carbonyl (C=O) groups is 2. The molecule has 0 heterocycles. The minimum Gasteiger partial charge on any atom is -0.356 e. The van der Waals surface area contributed by atoms with E-state index in [-0.39, 0.29) is 23.7 Å². The molecule has 21 heavy (non-hydrogen) atoms. The highest BCUT2D eigenvalue weighted by Crippen LogP contribution is 2.39. The maximum atomic E-state index is 12.1. The van der Waals surface area contributed by atoms with Gasteiger partial charge in [-0.25, -0.2) is 0 Å². The minimum atomic E-state index is -0.216. The summed E-state index contributed by atoms with van der Waals surface area (Å²) in [7, 11) is 0. The largest absolute Gasteiger partial charge is 0.356 e. The maximum absolute atomic E-state index is 12.1. The number of rotatable bonds is 5. The Morgan fingerprint density at radius 1 is 1.29 bits per heavy atom. The highest BCUT2D eigenvalue weighted by molar-refractivity contribution is 6.30. The van der Waals surface area contributed by atoms with Gasteiger partial charge < -0.3 is 10.6 Å². The summed E-state index contributed by atoms with van der Waals surface area (Å²) in [5.41, 5.74) is 1.66. The monoisotopic (exact) mass is 308 g/mol. The molecule has 1 aromatic carbocycles. The van der Waals surface area contributed by atoms with Gasteiger partial charge in [0.15, 0.2) is 0 Å². The zero-order valence-electron chi connectivity index (χ0n) is 12.6. The van der Waals surface area contributed by atoms with Crippen LogP contribution in [-0.4, -0.2) is 18.4 Å². The van der Waals surface area contributed by atoms with Crippen molar-refractivity contribution in [2.45, 2.75) is 27.2 Å². The van der Waals surface area contributed by atoms with Crippen molar-refractivity contribution in [3.8, 4) is 0 Å². The molecule has 2 N–H and O–H groups in total. The highest BCUT2D eigenvalue weighted by atomic mass is 35.5. The third kappa shape index (κ3) is 4.21. The smallest absolute Gasteiger partial charge is 0.228 e. The van der Waals surface area contributed by atoms with Crippen LogP contribution in [-0.2, 0) is 9.59 Å². The van der Waals surface area contributed by atoms with Crippen LogP contribution in [0.25, 0.3) is 0 Å². The molecular formula is C16H21ClN2O2. The molecule has 0 radical (unpaired) electrons. The van der Waals surface area contributed by atoms with Gasteiger partial charge in [0.05, 0.1) is 11.8 Å². The molecule has 1 aliphatic rings. The van der Waals surface area contributed by atoms with Gasteiger partial charge in [-0.2, -0.15) is 0 Å². The van der Waals surface area contributed by atoms with Crippen LogP contribution in [0.2, 0.25) is 5.02 Å². The van der Waals surface area contributed by atoms with Gasteiger partial charge in [0.2, 0.25) is 11.8 Å². The van der Waals surface area contributed by atoms with Crippen LogP contribution in [0.4, 0.5) is 5.69 Å². The average molecular weight is 309 g/mol. The summed E-state index contributed by atoms with van der Waals surface area (Å²) < 4.78 is 0. The van der Waals surface area contributed by atoms with Crippen LogP contribution in [0, 0.1) is 24.7 Å². The third-order valence-electron chi connectivity index (χ3n) is 3.59. The summed E-state index contributed by atoms with van der Waals surface area (Å²) in [6.45, 7) is 6.63. The zero-order valence-corrected chi connectivity index (χ0v) is 13.3. The summed E-state index contributed by atoms with van der Waals surface area (Å²) in [6.07, 6.45) is 0.627. The van der Waals surface area contributed by atoms with Crippen molar-refractivity contribution in [2.24, 2.45) is 17.8 Å². The van der Waals surface area contributed by atoms with E-state index in [9.17, 15) is 9.59 Å². The second kappa shape index (κ2) is 6.48. The third-order valence-corrected chi connectivity index (χ3v) is 3.83. The molecule has 2 atom stereocenters. The summed E-state index contributed by atoms with van der Waals surface area (Å²) in [6, 6.07) is 5.33. The van der Waals surface area contributed by atoms with E-state index in [2.05, 4.69) is 10.6 Å². The molecule has 0 bridgehead atoms. The van der Waals surface area contributed by atoms with Gasteiger partial charge in [-0.05, 0) is 43.0 Å². The zero-order chi connectivity index (χ0) is 15.6. The molecule has 5 heteroatoms. The molecule has 2 rings (SSSR count). The number of hydrogen-bond donors (Lipinski definition) is 2. The van der Waals surface area contributed by atoms with E-state index < -0.39 is 0 Å². The van der Waals surface area contributed by atoms with Crippen molar-refractivity contribution < 1.29 is 9.59 Å². The highest BCUT2D eigenvalue weighted by Gasteiger charge is 2.47. The standard InChI is InChI=1S/C16H21ClN2O2/c1-9(2)8-18-15(20)12-7-13(12)16(21)19-14-5-4-11(17)6-10(14)3/h4-6,9,12-13H,7-8H2,1-3H3,(H,18,20)(H,19,21). The van der Waals surface area contributed by atoms with E-state index in [1.165, 1.54) is 0 Å². The second-order valence-electron chi connectivity index (χ2n) is 6.04. The first-order valence-electron chi connectivity index (χ1n) is 7.23. The number of halogens is 1. The molecule has 0 spiro atoms. The Balaban J connectivity index is 1.87. The number of hydrogen-bond acceptors (Lipinski definition) is 2. The molecule has 1 aromatic rings. The molecule has 0 saturated heterocycles. The fourth-order valence-electron chi connectivity index (χ4n) is 2.20. The first-order chi connectivity index (χ1) is 9.88. The number of benzene rings is 1. The van der Waals surface area contributed by atoms with Gasteiger partial charge in [0.1, 0.15) is 0 Å². The van der Waals surface area contributed by atoms with E-state index in [1.54, 1.807) is 18.2 Å². The lowest BCUT2D eigenvalue weighted by atomic mass is 10.2. The van der Waals surface area contributed by atoms with E-state index in [0.29, 0.717) is 23.9 Å². The van der Waals surface area contributed by atoms with E-state index in [4.69, 9.17) is 11.6 Å². The lowest BCUT2D eigenvalue weighted by molar-refractivity contribution is -0.125. The SMILES string of the molecule is Cc1cc(Cl)ccc1NC(=O)C1CC1C(=O)NCC(C)C. The van der Waals surface area contributed by atoms with Crippen molar-refractivity contribution >= 4 is 29.1 Å². The van der Waals surface area contributed by atoms with Gasteiger partial charge >= 0.3 is 0 Å². The Bertz CT molecular complexity index is 557. The summed E-state index contributed by atoms with van der Waals surface area (Å²) in [5.74, 6) is -0.0953. The Morgan fingerprint density at radius 2 is 1.95 bits per heavy atom. The van der Waals surface area contributed by atoms with Crippen LogP contribution in [0.15, 0.2) is 18.2 Å². The molecule has 2 amide bonds.